The van der Waals surface area contributed by atoms with E-state index in [0.29, 0.717) is 5.82 Å². The summed E-state index contributed by atoms with van der Waals surface area (Å²) in [7, 11) is 3.05. The second kappa shape index (κ2) is 7.00. The Morgan fingerprint density at radius 1 is 1.19 bits per heavy atom. The second-order valence-corrected chi connectivity index (χ2v) is 6.20. The average molecular weight is 352 g/mol. The maximum absolute atomic E-state index is 12.1. The molecule has 0 unspecified atom stereocenters. The zero-order valence-electron chi connectivity index (χ0n) is 15.2. The zero-order chi connectivity index (χ0) is 18.8. The number of hydrogen-bond donors (Lipinski definition) is 0. The van der Waals surface area contributed by atoms with Gasteiger partial charge in [0.25, 0.3) is 0 Å². The van der Waals surface area contributed by atoms with E-state index in [-0.39, 0.29) is 18.2 Å². The molecule has 134 valence electrons. The minimum Gasteiger partial charge on any atom is -0.468 e. The van der Waals surface area contributed by atoms with Crippen LogP contribution in [0.3, 0.4) is 0 Å². The van der Waals surface area contributed by atoms with Gasteiger partial charge in [0.15, 0.2) is 0 Å². The van der Waals surface area contributed by atoms with Crippen molar-refractivity contribution in [2.24, 2.45) is 0 Å². The lowest BCUT2D eigenvalue weighted by atomic mass is 9.94. The molecular formula is C20H20N2O4. The van der Waals surface area contributed by atoms with Crippen LogP contribution in [0.5, 0.6) is 0 Å². The van der Waals surface area contributed by atoms with Gasteiger partial charge in [-0.05, 0) is 42.7 Å². The van der Waals surface area contributed by atoms with E-state index in [9.17, 15) is 9.59 Å². The third kappa shape index (κ3) is 3.31. The Morgan fingerprint density at radius 3 is 2.54 bits per heavy atom. The van der Waals surface area contributed by atoms with Crippen molar-refractivity contribution in [2.45, 2.75) is 13.8 Å². The standard InChI is InChI=1S/C20H20N2O4/c1-12-6-5-7-13(2)19(12)15-10-17(23)26-20-14(15)8-9-16(21-20)22(3)11-18(24)25-4/h5-10H,11H2,1-4H3. The largest absolute Gasteiger partial charge is 0.468 e. The zero-order valence-corrected chi connectivity index (χ0v) is 15.2. The van der Waals surface area contributed by atoms with E-state index in [0.717, 1.165) is 27.6 Å². The number of nitrogens with zero attached hydrogens (tertiary/aromatic N) is 2. The number of anilines is 1. The molecule has 0 bridgehead atoms. The highest BCUT2D eigenvalue weighted by molar-refractivity contribution is 5.94. The smallest absolute Gasteiger partial charge is 0.338 e. The number of hydrogen-bond acceptors (Lipinski definition) is 6. The predicted octanol–water partition coefficient (Wildman–Crippen LogP) is 3.08. The lowest BCUT2D eigenvalue weighted by molar-refractivity contribution is -0.138. The van der Waals surface area contributed by atoms with Crippen molar-refractivity contribution in [3.63, 3.8) is 0 Å². The number of fused-ring (bicyclic) bond motifs is 1. The van der Waals surface area contributed by atoms with Crippen LogP contribution in [0, 0.1) is 13.8 Å². The molecule has 0 atom stereocenters. The summed E-state index contributed by atoms with van der Waals surface area (Å²) in [5.41, 5.74) is 3.72. The van der Waals surface area contributed by atoms with Crippen molar-refractivity contribution < 1.29 is 13.9 Å². The molecule has 0 radical (unpaired) electrons. The first kappa shape index (κ1) is 17.7. The first-order valence-electron chi connectivity index (χ1n) is 8.20. The third-order valence-corrected chi connectivity index (χ3v) is 4.33. The molecule has 26 heavy (non-hydrogen) atoms. The highest BCUT2D eigenvalue weighted by Gasteiger charge is 2.15. The molecule has 3 rings (SSSR count). The van der Waals surface area contributed by atoms with Crippen LogP contribution < -0.4 is 10.5 Å². The van der Waals surface area contributed by atoms with Crippen molar-refractivity contribution in [3.05, 3.63) is 57.9 Å². The number of benzene rings is 1. The first-order chi connectivity index (χ1) is 12.4. The fourth-order valence-corrected chi connectivity index (χ4v) is 3.03. The number of carbonyl (C=O) groups is 1. The van der Waals surface area contributed by atoms with Gasteiger partial charge < -0.3 is 14.1 Å². The summed E-state index contributed by atoms with van der Waals surface area (Å²) >= 11 is 0. The SMILES string of the molecule is COC(=O)CN(C)c1ccc2c(-c3c(C)cccc3C)cc(=O)oc2n1. The van der Waals surface area contributed by atoms with Crippen LogP contribution in [-0.4, -0.2) is 31.7 Å². The summed E-state index contributed by atoms with van der Waals surface area (Å²) in [6, 6.07) is 11.2. The monoisotopic (exact) mass is 352 g/mol. The number of ether oxygens (including phenoxy) is 1. The Kier molecular flexibility index (Phi) is 4.75. The lowest BCUT2D eigenvalue weighted by Crippen LogP contribution is -2.27. The van der Waals surface area contributed by atoms with Gasteiger partial charge >= 0.3 is 11.6 Å². The fraction of sp³-hybridized carbons (Fsp3) is 0.250. The van der Waals surface area contributed by atoms with Crippen molar-refractivity contribution in [1.29, 1.82) is 0 Å². The molecule has 0 saturated carbocycles. The van der Waals surface area contributed by atoms with Crippen molar-refractivity contribution in [2.75, 3.05) is 25.6 Å². The fourth-order valence-electron chi connectivity index (χ4n) is 3.03. The van der Waals surface area contributed by atoms with E-state index < -0.39 is 5.63 Å². The van der Waals surface area contributed by atoms with Gasteiger partial charge in [0, 0.05) is 24.1 Å². The summed E-state index contributed by atoms with van der Waals surface area (Å²) in [4.78, 5) is 29.6. The Balaban J connectivity index is 2.16. The normalized spacial score (nSPS) is 10.8. The Morgan fingerprint density at radius 2 is 1.88 bits per heavy atom. The number of esters is 1. The number of pyridine rings is 1. The molecule has 6 heteroatoms. The van der Waals surface area contributed by atoms with Gasteiger partial charge in [-0.3, -0.25) is 4.79 Å². The molecule has 0 N–H and O–H groups in total. The van der Waals surface area contributed by atoms with Crippen LogP contribution in [0.2, 0.25) is 0 Å². The molecule has 3 aromatic rings. The number of methoxy groups -OCH3 is 1. The molecule has 0 saturated heterocycles. The molecule has 0 amide bonds. The predicted molar refractivity (Wildman–Crippen MR) is 100 cm³/mol. The molecule has 6 nitrogen and oxygen atoms in total. The van der Waals surface area contributed by atoms with Gasteiger partial charge in [-0.25, -0.2) is 4.79 Å². The molecule has 1 aromatic carbocycles. The summed E-state index contributed by atoms with van der Waals surface area (Å²) in [6.45, 7) is 4.07. The lowest BCUT2D eigenvalue weighted by Gasteiger charge is -2.17. The van der Waals surface area contributed by atoms with E-state index in [1.807, 2.05) is 38.1 Å². The van der Waals surface area contributed by atoms with Crippen molar-refractivity contribution >= 4 is 22.9 Å². The Labute approximate surface area is 151 Å². The average Bonchev–Trinajstić information content (AvgIpc) is 2.60. The summed E-state index contributed by atoms with van der Waals surface area (Å²) < 4.78 is 9.99. The van der Waals surface area contributed by atoms with Gasteiger partial charge in [0.2, 0.25) is 5.71 Å². The van der Waals surface area contributed by atoms with E-state index in [4.69, 9.17) is 4.42 Å². The van der Waals surface area contributed by atoms with E-state index >= 15 is 0 Å². The number of aromatic nitrogens is 1. The second-order valence-electron chi connectivity index (χ2n) is 6.20. The number of likely N-dealkylation sites (N-methyl/N-ethyl adjacent to an activating group) is 1. The highest BCUT2D eigenvalue weighted by Crippen LogP contribution is 2.32. The molecule has 0 aliphatic rings. The molecule has 0 fully saturated rings. The summed E-state index contributed by atoms with van der Waals surface area (Å²) in [5, 5.41) is 0.747. The number of carbonyl (C=O) groups excluding carboxylic acids is 1. The maximum Gasteiger partial charge on any atom is 0.338 e. The Bertz CT molecular complexity index is 1020. The van der Waals surface area contributed by atoms with Crippen LogP contribution in [0.15, 0.2) is 45.6 Å². The van der Waals surface area contributed by atoms with E-state index in [1.54, 1.807) is 18.0 Å². The Hall–Kier alpha value is -3.15. The van der Waals surface area contributed by atoms with Crippen LogP contribution >= 0.6 is 0 Å². The van der Waals surface area contributed by atoms with Crippen LogP contribution in [0.1, 0.15) is 11.1 Å². The molecule has 0 aliphatic carbocycles. The highest BCUT2D eigenvalue weighted by atomic mass is 16.5. The molecule has 0 spiro atoms. The number of rotatable bonds is 4. The van der Waals surface area contributed by atoms with Crippen molar-refractivity contribution in [3.8, 4) is 11.1 Å². The van der Waals surface area contributed by atoms with Gasteiger partial charge in [-0.15, -0.1) is 0 Å². The van der Waals surface area contributed by atoms with Crippen LogP contribution in [0.25, 0.3) is 22.2 Å². The topological polar surface area (TPSA) is 72.6 Å². The molecule has 2 heterocycles. The molecule has 2 aromatic heterocycles. The van der Waals surface area contributed by atoms with Gasteiger partial charge in [-0.1, -0.05) is 18.2 Å². The molecular weight excluding hydrogens is 332 g/mol. The third-order valence-electron chi connectivity index (χ3n) is 4.33. The van der Waals surface area contributed by atoms with Gasteiger partial charge in [-0.2, -0.15) is 4.98 Å². The van der Waals surface area contributed by atoms with Crippen LogP contribution in [0.4, 0.5) is 5.82 Å². The minimum atomic E-state index is -0.463. The molecule has 0 aliphatic heterocycles. The minimum absolute atomic E-state index is 0.0514. The summed E-state index contributed by atoms with van der Waals surface area (Å²) in [6.07, 6.45) is 0. The van der Waals surface area contributed by atoms with Gasteiger partial charge in [0.1, 0.15) is 12.4 Å². The first-order valence-corrected chi connectivity index (χ1v) is 8.20. The van der Waals surface area contributed by atoms with Crippen LogP contribution in [-0.2, 0) is 9.53 Å². The van der Waals surface area contributed by atoms with Gasteiger partial charge in [0.05, 0.1) is 7.11 Å². The summed E-state index contributed by atoms with van der Waals surface area (Å²) in [5.74, 6) is 0.143. The van der Waals surface area contributed by atoms with E-state index in [2.05, 4.69) is 9.72 Å². The quantitative estimate of drug-likeness (QED) is 0.672. The van der Waals surface area contributed by atoms with E-state index in [1.165, 1.54) is 13.2 Å². The maximum atomic E-state index is 12.1. The number of aryl methyl sites for hydroxylation is 2. The van der Waals surface area contributed by atoms with Crippen molar-refractivity contribution in [1.82, 2.24) is 4.98 Å².